The Bertz CT molecular complexity index is 260. The fraction of sp³-hybridized carbons (Fsp3) is 0.400. The third-order valence-electron chi connectivity index (χ3n) is 2.32. The Balaban J connectivity index is 0.000000720. The van der Waals surface area contributed by atoms with E-state index in [-0.39, 0.29) is 1.43 Å². The molecule has 1 nitrogen and oxygen atoms in total. The van der Waals surface area contributed by atoms with E-state index >= 15 is 0 Å². The van der Waals surface area contributed by atoms with Crippen LogP contribution in [0.5, 0.6) is 0 Å². The molecule has 0 unspecified atom stereocenters. The Morgan fingerprint density at radius 3 is 2.82 bits per heavy atom. The van der Waals surface area contributed by atoms with Gasteiger partial charge in [0.15, 0.2) is 0 Å². The molecule has 1 aromatic rings. The molecular formula is C10H15N. The topological polar surface area (TPSA) is 3.24 Å². The van der Waals surface area contributed by atoms with Crippen molar-refractivity contribution in [2.75, 3.05) is 13.6 Å². The molecule has 0 aromatic heterocycles. The highest BCUT2D eigenvalue weighted by Gasteiger charge is 2.10. The van der Waals surface area contributed by atoms with Gasteiger partial charge in [-0.05, 0) is 24.6 Å². The predicted molar refractivity (Wildman–Crippen MR) is 48.6 cm³/mol. The summed E-state index contributed by atoms with van der Waals surface area (Å²) in [4.78, 5) is 2.36. The number of benzene rings is 1. The molecule has 0 amide bonds. The fourth-order valence-electron chi connectivity index (χ4n) is 1.64. The first-order valence-electron chi connectivity index (χ1n) is 4.11. The van der Waals surface area contributed by atoms with Crippen LogP contribution in [-0.2, 0) is 13.0 Å². The van der Waals surface area contributed by atoms with Gasteiger partial charge in [0.05, 0.1) is 0 Å². The summed E-state index contributed by atoms with van der Waals surface area (Å²) in [5, 5.41) is 0. The SMILES string of the molecule is CN1CCc2ccccc2C1.[HH]. The van der Waals surface area contributed by atoms with E-state index in [9.17, 15) is 0 Å². The van der Waals surface area contributed by atoms with Gasteiger partial charge >= 0.3 is 0 Å². The van der Waals surface area contributed by atoms with E-state index in [4.69, 9.17) is 0 Å². The van der Waals surface area contributed by atoms with Crippen molar-refractivity contribution in [2.24, 2.45) is 0 Å². The maximum Gasteiger partial charge on any atom is 0.0233 e. The van der Waals surface area contributed by atoms with E-state index in [1.165, 1.54) is 24.1 Å². The van der Waals surface area contributed by atoms with E-state index in [1.807, 2.05) is 0 Å². The van der Waals surface area contributed by atoms with Crippen molar-refractivity contribution < 1.29 is 1.43 Å². The van der Waals surface area contributed by atoms with Crippen molar-refractivity contribution in [3.63, 3.8) is 0 Å². The van der Waals surface area contributed by atoms with Gasteiger partial charge in [0.1, 0.15) is 0 Å². The van der Waals surface area contributed by atoms with Crippen LogP contribution in [-0.4, -0.2) is 18.5 Å². The molecule has 0 N–H and O–H groups in total. The molecule has 0 saturated carbocycles. The molecule has 1 heteroatoms. The lowest BCUT2D eigenvalue weighted by Crippen LogP contribution is -2.26. The van der Waals surface area contributed by atoms with Crippen LogP contribution in [0.15, 0.2) is 24.3 Å². The summed E-state index contributed by atoms with van der Waals surface area (Å²) in [5.41, 5.74) is 3.03. The molecule has 1 aliphatic rings. The van der Waals surface area contributed by atoms with Crippen molar-refractivity contribution in [2.45, 2.75) is 13.0 Å². The van der Waals surface area contributed by atoms with Crippen molar-refractivity contribution in [1.82, 2.24) is 4.90 Å². The Hall–Kier alpha value is -0.820. The summed E-state index contributed by atoms with van der Waals surface area (Å²) in [5.74, 6) is 0. The molecular weight excluding hydrogens is 134 g/mol. The Morgan fingerprint density at radius 1 is 1.27 bits per heavy atom. The minimum atomic E-state index is 0. The van der Waals surface area contributed by atoms with Gasteiger partial charge in [-0.2, -0.15) is 0 Å². The van der Waals surface area contributed by atoms with Gasteiger partial charge in [-0.3, -0.25) is 0 Å². The van der Waals surface area contributed by atoms with Crippen LogP contribution in [0.1, 0.15) is 12.6 Å². The van der Waals surface area contributed by atoms with Gasteiger partial charge in [0.25, 0.3) is 0 Å². The summed E-state index contributed by atoms with van der Waals surface area (Å²) in [6, 6.07) is 8.72. The third kappa shape index (κ3) is 1.29. The molecule has 0 saturated heterocycles. The molecule has 0 spiro atoms. The maximum absolute atomic E-state index is 2.36. The van der Waals surface area contributed by atoms with Crippen molar-refractivity contribution in [3.05, 3.63) is 35.4 Å². The predicted octanol–water partition coefficient (Wildman–Crippen LogP) is 1.92. The lowest BCUT2D eigenvalue weighted by atomic mass is 10.0. The monoisotopic (exact) mass is 149 g/mol. The molecule has 0 aliphatic carbocycles. The Labute approximate surface area is 69.1 Å². The van der Waals surface area contributed by atoms with Crippen LogP contribution in [0.4, 0.5) is 0 Å². The molecule has 0 fully saturated rings. The number of rotatable bonds is 0. The molecule has 1 aliphatic heterocycles. The smallest absolute Gasteiger partial charge is 0.0233 e. The molecule has 2 rings (SSSR count). The standard InChI is InChI=1S/C10H13N.H2/c1-11-7-6-9-4-2-3-5-10(9)8-11;/h2-5H,6-8H2,1H3;1H. The van der Waals surface area contributed by atoms with Crippen molar-refractivity contribution >= 4 is 0 Å². The van der Waals surface area contributed by atoms with Crippen LogP contribution >= 0.6 is 0 Å². The van der Waals surface area contributed by atoms with Crippen LogP contribution in [0, 0.1) is 0 Å². The highest BCUT2D eigenvalue weighted by atomic mass is 15.1. The summed E-state index contributed by atoms with van der Waals surface area (Å²) >= 11 is 0. The van der Waals surface area contributed by atoms with E-state index in [0.29, 0.717) is 0 Å². The summed E-state index contributed by atoms with van der Waals surface area (Å²) in [6.07, 6.45) is 1.21. The first kappa shape index (κ1) is 6.86. The lowest BCUT2D eigenvalue weighted by molar-refractivity contribution is 0.313. The largest absolute Gasteiger partial charge is 0.302 e. The summed E-state index contributed by atoms with van der Waals surface area (Å²) in [7, 11) is 2.18. The normalized spacial score (nSPS) is 17.9. The Kier molecular flexibility index (Phi) is 1.66. The minimum absolute atomic E-state index is 0. The molecule has 0 radical (unpaired) electrons. The van der Waals surface area contributed by atoms with E-state index in [2.05, 4.69) is 36.2 Å². The maximum atomic E-state index is 2.36. The highest BCUT2D eigenvalue weighted by Crippen LogP contribution is 2.16. The van der Waals surface area contributed by atoms with Crippen LogP contribution in [0.2, 0.25) is 0 Å². The van der Waals surface area contributed by atoms with Gasteiger partial charge < -0.3 is 4.90 Å². The number of hydrogen-bond acceptors (Lipinski definition) is 1. The van der Waals surface area contributed by atoms with Gasteiger partial charge in [0, 0.05) is 14.5 Å². The molecule has 1 heterocycles. The summed E-state index contributed by atoms with van der Waals surface area (Å²) in [6.45, 7) is 2.33. The van der Waals surface area contributed by atoms with Crippen molar-refractivity contribution in [3.8, 4) is 0 Å². The zero-order valence-electron chi connectivity index (χ0n) is 6.88. The highest BCUT2D eigenvalue weighted by molar-refractivity contribution is 5.28. The fourth-order valence-corrected chi connectivity index (χ4v) is 1.64. The summed E-state index contributed by atoms with van der Waals surface area (Å²) < 4.78 is 0. The first-order valence-corrected chi connectivity index (χ1v) is 4.11. The van der Waals surface area contributed by atoms with Crippen LogP contribution in [0.3, 0.4) is 0 Å². The first-order chi connectivity index (χ1) is 5.36. The quantitative estimate of drug-likeness (QED) is 0.544. The average molecular weight is 149 g/mol. The van der Waals surface area contributed by atoms with Gasteiger partial charge in [-0.15, -0.1) is 0 Å². The second-order valence-corrected chi connectivity index (χ2v) is 3.26. The van der Waals surface area contributed by atoms with E-state index in [0.717, 1.165) is 6.54 Å². The third-order valence-corrected chi connectivity index (χ3v) is 2.32. The second kappa shape index (κ2) is 2.67. The number of nitrogens with zero attached hydrogens (tertiary/aromatic N) is 1. The number of likely N-dealkylation sites (N-methyl/N-ethyl adjacent to an activating group) is 1. The lowest BCUT2D eigenvalue weighted by Gasteiger charge is -2.24. The van der Waals surface area contributed by atoms with E-state index < -0.39 is 0 Å². The van der Waals surface area contributed by atoms with Crippen LogP contribution in [0.25, 0.3) is 0 Å². The van der Waals surface area contributed by atoms with E-state index in [1.54, 1.807) is 0 Å². The number of fused-ring (bicyclic) bond motifs is 1. The number of hydrogen-bond donors (Lipinski definition) is 0. The molecule has 11 heavy (non-hydrogen) atoms. The molecule has 0 atom stereocenters. The minimum Gasteiger partial charge on any atom is -0.302 e. The zero-order chi connectivity index (χ0) is 7.68. The average Bonchev–Trinajstić information content (AvgIpc) is 2.04. The molecule has 0 bridgehead atoms. The Morgan fingerprint density at radius 2 is 2.00 bits per heavy atom. The van der Waals surface area contributed by atoms with Crippen LogP contribution < -0.4 is 0 Å². The van der Waals surface area contributed by atoms with Crippen molar-refractivity contribution in [1.29, 1.82) is 0 Å². The molecule has 1 aromatic carbocycles. The van der Waals surface area contributed by atoms with Gasteiger partial charge in [-0.1, -0.05) is 24.3 Å². The van der Waals surface area contributed by atoms with Gasteiger partial charge in [-0.25, -0.2) is 0 Å². The zero-order valence-corrected chi connectivity index (χ0v) is 6.88. The molecule has 60 valence electrons. The van der Waals surface area contributed by atoms with Gasteiger partial charge in [0.2, 0.25) is 0 Å². The second-order valence-electron chi connectivity index (χ2n) is 3.26.